The number of rotatable bonds is 3. The van der Waals surface area contributed by atoms with Crippen molar-refractivity contribution in [2.24, 2.45) is 0 Å². The van der Waals surface area contributed by atoms with Crippen LogP contribution in [0.2, 0.25) is 0 Å². The van der Waals surface area contributed by atoms with Gasteiger partial charge in [-0.25, -0.2) is 9.59 Å². The first-order valence-corrected chi connectivity index (χ1v) is 7.83. The first-order chi connectivity index (χ1) is 10.6. The van der Waals surface area contributed by atoms with Crippen molar-refractivity contribution in [3.05, 3.63) is 48.1 Å². The first-order valence-electron chi connectivity index (χ1n) is 6.88. The summed E-state index contributed by atoms with van der Waals surface area (Å²) >= 11 is 1.46. The molecule has 0 aliphatic rings. The van der Waals surface area contributed by atoms with Crippen molar-refractivity contribution < 1.29 is 0 Å². The van der Waals surface area contributed by atoms with Gasteiger partial charge in [-0.3, -0.25) is 13.9 Å². The number of aromatic amines is 1. The van der Waals surface area contributed by atoms with Crippen LogP contribution in [0.1, 0.15) is 13.8 Å². The number of aryl methyl sites for hydroxylation is 1. The van der Waals surface area contributed by atoms with Gasteiger partial charge in [-0.1, -0.05) is 0 Å². The Kier molecular flexibility index (Phi) is 3.53. The molecule has 0 amide bonds. The number of hydrogen-bond acceptors (Lipinski definition) is 5. The molecule has 0 aliphatic carbocycles. The second-order valence-corrected chi connectivity index (χ2v) is 5.48. The molecule has 114 valence electrons. The number of nitrogens with zero attached hydrogens (tertiary/aromatic N) is 3. The third-order valence-corrected chi connectivity index (χ3v) is 4.22. The summed E-state index contributed by atoms with van der Waals surface area (Å²) in [5, 5.41) is 3.96. The van der Waals surface area contributed by atoms with Crippen molar-refractivity contribution in [1.82, 2.24) is 19.1 Å². The molecule has 0 bridgehead atoms. The third-order valence-electron chi connectivity index (χ3n) is 3.53. The van der Waals surface area contributed by atoms with E-state index < -0.39 is 16.9 Å². The van der Waals surface area contributed by atoms with Crippen molar-refractivity contribution in [2.45, 2.75) is 26.9 Å². The van der Waals surface area contributed by atoms with Gasteiger partial charge >= 0.3 is 11.4 Å². The molecule has 0 atom stereocenters. The number of thiophene rings is 1. The van der Waals surface area contributed by atoms with E-state index in [9.17, 15) is 14.4 Å². The molecule has 0 spiro atoms. The zero-order valence-corrected chi connectivity index (χ0v) is 12.9. The van der Waals surface area contributed by atoms with E-state index in [-0.39, 0.29) is 17.6 Å². The van der Waals surface area contributed by atoms with Crippen molar-refractivity contribution in [3.63, 3.8) is 0 Å². The van der Waals surface area contributed by atoms with Crippen LogP contribution in [0.15, 0.2) is 31.2 Å². The predicted molar refractivity (Wildman–Crippen MR) is 85.5 cm³/mol. The van der Waals surface area contributed by atoms with E-state index in [1.165, 1.54) is 15.9 Å². The molecule has 0 unspecified atom stereocenters. The van der Waals surface area contributed by atoms with E-state index >= 15 is 0 Å². The van der Waals surface area contributed by atoms with Crippen LogP contribution in [0.3, 0.4) is 0 Å². The van der Waals surface area contributed by atoms with Gasteiger partial charge in [-0.15, -0.1) is 0 Å². The second kappa shape index (κ2) is 5.38. The molecule has 1 N–H and O–H groups in total. The lowest BCUT2D eigenvalue weighted by molar-refractivity contribution is 0.604. The molecule has 8 heteroatoms. The highest BCUT2D eigenvalue weighted by atomic mass is 32.1. The number of hydrogen-bond donors (Lipinski definition) is 1. The quantitative estimate of drug-likeness (QED) is 0.780. The highest BCUT2D eigenvalue weighted by Crippen LogP contribution is 2.23. The molecule has 0 fully saturated rings. The molecule has 0 saturated heterocycles. The van der Waals surface area contributed by atoms with Gasteiger partial charge in [0.1, 0.15) is 5.39 Å². The van der Waals surface area contributed by atoms with Gasteiger partial charge < -0.3 is 4.98 Å². The summed E-state index contributed by atoms with van der Waals surface area (Å²) < 4.78 is 2.51. The summed E-state index contributed by atoms with van der Waals surface area (Å²) in [5.74, 6) is 0. The fourth-order valence-electron chi connectivity index (χ4n) is 2.50. The Labute approximate surface area is 128 Å². The molecular formula is C14H14N4O3S. The van der Waals surface area contributed by atoms with E-state index in [1.54, 1.807) is 13.8 Å². The molecule has 0 saturated carbocycles. The maximum Gasteiger partial charge on any atom is 0.347 e. The lowest BCUT2D eigenvalue weighted by Gasteiger charge is -2.12. The Hall–Kier alpha value is -2.48. The summed E-state index contributed by atoms with van der Waals surface area (Å²) in [5.41, 5.74) is -0.189. The van der Waals surface area contributed by atoms with Crippen LogP contribution in [0.5, 0.6) is 0 Å². The average molecular weight is 318 g/mol. The molecular weight excluding hydrogens is 304 g/mol. The standard InChI is InChI=1S/C14H14N4O3S/c1-3-17-11-9(12(19)18(4-2)14(17)21)10(15-13(20)16-11)8-5-6-22-7-8/h5-7H,3-4H2,1-2H3,(H,15,16,20). The molecule has 3 rings (SSSR count). The van der Waals surface area contributed by atoms with Gasteiger partial charge in [0.25, 0.3) is 5.56 Å². The maximum absolute atomic E-state index is 12.7. The van der Waals surface area contributed by atoms with Crippen molar-refractivity contribution in [1.29, 1.82) is 0 Å². The van der Waals surface area contributed by atoms with Crippen LogP contribution in [-0.2, 0) is 13.1 Å². The molecule has 7 nitrogen and oxygen atoms in total. The smallest absolute Gasteiger partial charge is 0.304 e. The number of aromatic nitrogens is 4. The van der Waals surface area contributed by atoms with Gasteiger partial charge in [-0.05, 0) is 25.3 Å². The summed E-state index contributed by atoms with van der Waals surface area (Å²) in [7, 11) is 0. The molecule has 3 aromatic heterocycles. The molecule has 0 radical (unpaired) electrons. The Bertz CT molecular complexity index is 1010. The highest BCUT2D eigenvalue weighted by Gasteiger charge is 2.18. The monoisotopic (exact) mass is 318 g/mol. The van der Waals surface area contributed by atoms with Crippen molar-refractivity contribution in [3.8, 4) is 11.3 Å². The molecule has 22 heavy (non-hydrogen) atoms. The molecule has 0 aliphatic heterocycles. The summed E-state index contributed by atoms with van der Waals surface area (Å²) in [6.07, 6.45) is 0. The van der Waals surface area contributed by atoms with Gasteiger partial charge in [0.2, 0.25) is 0 Å². The normalized spacial score (nSPS) is 11.2. The van der Waals surface area contributed by atoms with Crippen molar-refractivity contribution in [2.75, 3.05) is 0 Å². The van der Waals surface area contributed by atoms with E-state index in [4.69, 9.17) is 0 Å². The lowest BCUT2D eigenvalue weighted by atomic mass is 10.1. The molecule has 3 heterocycles. The van der Waals surface area contributed by atoms with E-state index in [1.807, 2.05) is 16.8 Å². The van der Waals surface area contributed by atoms with Gasteiger partial charge in [-0.2, -0.15) is 16.3 Å². The second-order valence-electron chi connectivity index (χ2n) is 4.70. The largest absolute Gasteiger partial charge is 0.347 e. The van der Waals surface area contributed by atoms with E-state index in [2.05, 4.69) is 9.97 Å². The van der Waals surface area contributed by atoms with Crippen LogP contribution in [0, 0.1) is 0 Å². The van der Waals surface area contributed by atoms with Gasteiger partial charge in [0, 0.05) is 24.0 Å². The topological polar surface area (TPSA) is 89.8 Å². The highest BCUT2D eigenvalue weighted by molar-refractivity contribution is 7.08. The summed E-state index contributed by atoms with van der Waals surface area (Å²) in [4.78, 5) is 43.4. The van der Waals surface area contributed by atoms with Crippen LogP contribution < -0.4 is 16.9 Å². The summed E-state index contributed by atoms with van der Waals surface area (Å²) in [6.45, 7) is 4.10. The SMILES string of the molecule is CCn1c(=O)c2c(-c3ccsc3)[nH]c(=O)nc2n(CC)c1=O. The predicted octanol–water partition coefficient (Wildman–Crippen LogP) is 1.01. The van der Waals surface area contributed by atoms with E-state index in [0.717, 1.165) is 10.1 Å². The Morgan fingerprint density at radius 1 is 1.18 bits per heavy atom. The fourth-order valence-corrected chi connectivity index (χ4v) is 3.15. The minimum absolute atomic E-state index is 0.132. The zero-order valence-electron chi connectivity index (χ0n) is 12.1. The molecule has 0 aromatic carbocycles. The Balaban J connectivity index is 2.62. The number of nitrogens with one attached hydrogen (secondary N) is 1. The third kappa shape index (κ3) is 2.03. The Morgan fingerprint density at radius 2 is 1.91 bits per heavy atom. The fraction of sp³-hybridized carbons (Fsp3) is 0.286. The van der Waals surface area contributed by atoms with Gasteiger partial charge in [0.15, 0.2) is 5.65 Å². The first kappa shape index (κ1) is 14.5. The van der Waals surface area contributed by atoms with E-state index in [0.29, 0.717) is 12.2 Å². The van der Waals surface area contributed by atoms with Crippen LogP contribution in [0.25, 0.3) is 22.3 Å². The van der Waals surface area contributed by atoms with Crippen LogP contribution >= 0.6 is 11.3 Å². The molecule has 3 aromatic rings. The summed E-state index contributed by atoms with van der Waals surface area (Å²) in [6, 6.07) is 1.81. The number of fused-ring (bicyclic) bond motifs is 1. The number of H-pyrrole nitrogens is 1. The van der Waals surface area contributed by atoms with Gasteiger partial charge in [0.05, 0.1) is 5.69 Å². The van der Waals surface area contributed by atoms with Crippen LogP contribution in [0.4, 0.5) is 0 Å². The lowest BCUT2D eigenvalue weighted by Crippen LogP contribution is -2.40. The Morgan fingerprint density at radius 3 is 2.50 bits per heavy atom. The van der Waals surface area contributed by atoms with Crippen molar-refractivity contribution >= 4 is 22.4 Å². The minimum atomic E-state index is -0.580. The zero-order chi connectivity index (χ0) is 15.9. The average Bonchev–Trinajstić information content (AvgIpc) is 3.01. The minimum Gasteiger partial charge on any atom is -0.304 e. The van der Waals surface area contributed by atoms with Crippen LogP contribution in [-0.4, -0.2) is 19.1 Å². The maximum atomic E-state index is 12.7.